The maximum Gasteiger partial charge on any atom is 0.246 e. The minimum absolute atomic E-state index is 0.0411. The van der Waals surface area contributed by atoms with Crippen LogP contribution in [0.2, 0.25) is 0 Å². The second-order valence-corrected chi connectivity index (χ2v) is 8.77. The van der Waals surface area contributed by atoms with Gasteiger partial charge in [-0.25, -0.2) is 0 Å². The molecule has 4 nitrogen and oxygen atoms in total. The number of hydrogen-bond donors (Lipinski definition) is 0. The summed E-state index contributed by atoms with van der Waals surface area (Å²) < 4.78 is 0. The Balaban J connectivity index is 1.69. The van der Waals surface area contributed by atoms with Gasteiger partial charge in [0.15, 0.2) is 0 Å². The van der Waals surface area contributed by atoms with E-state index >= 15 is 0 Å². The Kier molecular flexibility index (Phi) is 7.56. The Morgan fingerprint density at radius 3 is 1.52 bits per heavy atom. The molecule has 33 heavy (non-hydrogen) atoms. The van der Waals surface area contributed by atoms with E-state index in [1.54, 1.807) is 0 Å². The molecule has 1 heterocycles. The van der Waals surface area contributed by atoms with Crippen LogP contribution in [0.25, 0.3) is 0 Å². The smallest absolute Gasteiger partial charge is 0.246 e. The highest BCUT2D eigenvalue weighted by Gasteiger charge is 2.45. The summed E-state index contributed by atoms with van der Waals surface area (Å²) in [7, 11) is 0. The molecular formula is C29H32N2O2. The minimum atomic E-state index is -0.512. The topological polar surface area (TPSA) is 40.6 Å². The number of benzene rings is 3. The third-order valence-corrected chi connectivity index (χ3v) is 6.38. The molecule has 0 aliphatic carbocycles. The standard InChI is InChI=1S/C29H32N2O2/c1-2-3-19-26-28(32)31(22-25-17-11-6-12-18-25)27(20-23-13-7-4-8-14-23)29(33)30(26)21-24-15-9-5-10-16-24/h4-18,26-27H,2-3,19-22H2,1H3/t26-,27-/m0/s1. The summed E-state index contributed by atoms with van der Waals surface area (Å²) >= 11 is 0. The largest absolute Gasteiger partial charge is 0.325 e. The van der Waals surface area contributed by atoms with Crippen LogP contribution in [0.5, 0.6) is 0 Å². The Labute approximate surface area is 196 Å². The SMILES string of the molecule is CCCC[C@H]1C(=O)N(Cc2ccccc2)[C@@H](Cc2ccccc2)C(=O)N1Cc1ccccc1. The molecule has 4 heteroatoms. The van der Waals surface area contributed by atoms with Crippen molar-refractivity contribution in [2.75, 3.05) is 0 Å². The van der Waals surface area contributed by atoms with E-state index in [0.717, 1.165) is 29.5 Å². The van der Waals surface area contributed by atoms with E-state index in [9.17, 15) is 9.59 Å². The highest BCUT2D eigenvalue weighted by molar-refractivity contribution is 5.97. The van der Waals surface area contributed by atoms with Crippen molar-refractivity contribution in [3.63, 3.8) is 0 Å². The zero-order chi connectivity index (χ0) is 23.0. The monoisotopic (exact) mass is 440 g/mol. The number of amides is 2. The summed E-state index contributed by atoms with van der Waals surface area (Å²) in [6, 6.07) is 29.0. The molecule has 0 unspecified atom stereocenters. The minimum Gasteiger partial charge on any atom is -0.325 e. The average Bonchev–Trinajstić information content (AvgIpc) is 2.86. The van der Waals surface area contributed by atoms with Gasteiger partial charge in [0.2, 0.25) is 11.8 Å². The van der Waals surface area contributed by atoms with Crippen LogP contribution in [0.4, 0.5) is 0 Å². The van der Waals surface area contributed by atoms with E-state index in [-0.39, 0.29) is 11.8 Å². The van der Waals surface area contributed by atoms with E-state index in [2.05, 4.69) is 6.92 Å². The molecule has 0 saturated carbocycles. The van der Waals surface area contributed by atoms with E-state index in [1.165, 1.54) is 0 Å². The number of carbonyl (C=O) groups excluding carboxylic acids is 2. The highest BCUT2D eigenvalue weighted by atomic mass is 16.2. The van der Waals surface area contributed by atoms with Crippen LogP contribution in [0, 0.1) is 0 Å². The number of nitrogens with zero attached hydrogens (tertiary/aromatic N) is 2. The molecule has 1 aliphatic rings. The molecule has 1 saturated heterocycles. The molecule has 2 amide bonds. The first kappa shape index (κ1) is 22.8. The van der Waals surface area contributed by atoms with E-state index < -0.39 is 12.1 Å². The lowest BCUT2D eigenvalue weighted by Gasteiger charge is -2.45. The fourth-order valence-corrected chi connectivity index (χ4v) is 4.60. The van der Waals surface area contributed by atoms with Gasteiger partial charge in [-0.2, -0.15) is 0 Å². The summed E-state index contributed by atoms with van der Waals surface area (Å²) in [6.45, 7) is 3.03. The second-order valence-electron chi connectivity index (χ2n) is 8.77. The summed E-state index contributed by atoms with van der Waals surface area (Å²) in [5, 5.41) is 0. The van der Waals surface area contributed by atoms with Gasteiger partial charge in [0.1, 0.15) is 12.1 Å². The van der Waals surface area contributed by atoms with Crippen molar-refractivity contribution in [1.82, 2.24) is 9.80 Å². The first-order valence-electron chi connectivity index (χ1n) is 11.9. The Morgan fingerprint density at radius 1 is 0.606 bits per heavy atom. The van der Waals surface area contributed by atoms with Gasteiger partial charge >= 0.3 is 0 Å². The molecule has 0 N–H and O–H groups in total. The number of unbranched alkanes of at least 4 members (excludes halogenated alkanes) is 1. The van der Waals surface area contributed by atoms with Gasteiger partial charge < -0.3 is 9.80 Å². The van der Waals surface area contributed by atoms with Gasteiger partial charge in [-0.3, -0.25) is 9.59 Å². The average molecular weight is 441 g/mol. The summed E-state index contributed by atoms with van der Waals surface area (Å²) in [5.74, 6) is 0.100. The van der Waals surface area contributed by atoms with Crippen molar-refractivity contribution in [1.29, 1.82) is 0 Å². The maximum absolute atomic E-state index is 14.0. The van der Waals surface area contributed by atoms with Crippen LogP contribution in [0.1, 0.15) is 42.9 Å². The predicted octanol–water partition coefficient (Wildman–Crippen LogP) is 5.23. The van der Waals surface area contributed by atoms with Crippen molar-refractivity contribution in [3.8, 4) is 0 Å². The van der Waals surface area contributed by atoms with Gasteiger partial charge in [-0.05, 0) is 23.1 Å². The fourth-order valence-electron chi connectivity index (χ4n) is 4.60. The van der Waals surface area contributed by atoms with Gasteiger partial charge in [-0.15, -0.1) is 0 Å². The van der Waals surface area contributed by atoms with Crippen LogP contribution in [-0.4, -0.2) is 33.7 Å². The van der Waals surface area contributed by atoms with Crippen LogP contribution < -0.4 is 0 Å². The van der Waals surface area contributed by atoms with Gasteiger partial charge in [0.05, 0.1) is 0 Å². The van der Waals surface area contributed by atoms with Crippen LogP contribution in [0.15, 0.2) is 91.0 Å². The normalized spacial score (nSPS) is 18.6. The lowest BCUT2D eigenvalue weighted by Crippen LogP contribution is -2.64. The third-order valence-electron chi connectivity index (χ3n) is 6.38. The zero-order valence-corrected chi connectivity index (χ0v) is 19.3. The zero-order valence-electron chi connectivity index (χ0n) is 19.3. The Bertz CT molecular complexity index is 1040. The maximum atomic E-state index is 14.0. The number of rotatable bonds is 9. The number of hydrogen-bond acceptors (Lipinski definition) is 2. The summed E-state index contributed by atoms with van der Waals surface area (Å²) in [6.07, 6.45) is 3.11. The molecule has 0 radical (unpaired) electrons. The van der Waals surface area contributed by atoms with Crippen LogP contribution in [0.3, 0.4) is 0 Å². The van der Waals surface area contributed by atoms with Crippen molar-refractivity contribution in [3.05, 3.63) is 108 Å². The van der Waals surface area contributed by atoms with Crippen molar-refractivity contribution in [2.45, 2.75) is 57.8 Å². The molecule has 2 atom stereocenters. The van der Waals surface area contributed by atoms with Gasteiger partial charge in [-0.1, -0.05) is 111 Å². The third kappa shape index (κ3) is 5.51. The molecule has 0 aromatic heterocycles. The molecule has 3 aromatic carbocycles. The lowest BCUT2D eigenvalue weighted by molar-refractivity contribution is -0.163. The van der Waals surface area contributed by atoms with E-state index in [4.69, 9.17) is 0 Å². The molecule has 0 spiro atoms. The summed E-state index contributed by atoms with van der Waals surface area (Å²) in [5.41, 5.74) is 3.16. The van der Waals surface area contributed by atoms with Crippen LogP contribution >= 0.6 is 0 Å². The van der Waals surface area contributed by atoms with E-state index in [0.29, 0.717) is 25.9 Å². The summed E-state index contributed by atoms with van der Waals surface area (Å²) in [4.78, 5) is 31.6. The lowest BCUT2D eigenvalue weighted by atomic mass is 9.94. The Morgan fingerprint density at radius 2 is 1.03 bits per heavy atom. The molecule has 1 fully saturated rings. The molecule has 1 aliphatic heterocycles. The van der Waals surface area contributed by atoms with Crippen molar-refractivity contribution in [2.24, 2.45) is 0 Å². The van der Waals surface area contributed by atoms with Gasteiger partial charge in [0.25, 0.3) is 0 Å². The van der Waals surface area contributed by atoms with Crippen molar-refractivity contribution < 1.29 is 9.59 Å². The highest BCUT2D eigenvalue weighted by Crippen LogP contribution is 2.28. The molecule has 3 aromatic rings. The fraction of sp³-hybridized carbons (Fsp3) is 0.310. The van der Waals surface area contributed by atoms with Crippen molar-refractivity contribution >= 4 is 11.8 Å². The first-order valence-corrected chi connectivity index (χ1v) is 11.9. The van der Waals surface area contributed by atoms with E-state index in [1.807, 2.05) is 101 Å². The van der Waals surface area contributed by atoms with Crippen LogP contribution in [-0.2, 0) is 29.1 Å². The molecular weight excluding hydrogens is 408 g/mol. The second kappa shape index (κ2) is 11.0. The molecule has 0 bridgehead atoms. The first-order chi connectivity index (χ1) is 16.2. The van der Waals surface area contributed by atoms with Gasteiger partial charge in [0, 0.05) is 19.5 Å². The predicted molar refractivity (Wildman–Crippen MR) is 131 cm³/mol. The number of piperazine rings is 1. The molecule has 4 rings (SSSR count). The Hall–Kier alpha value is -3.40. The number of carbonyl (C=O) groups is 2. The molecule has 170 valence electrons. The quantitative estimate of drug-likeness (QED) is 0.457.